The minimum Gasteiger partial charge on any atom is -0.483 e. The van der Waals surface area contributed by atoms with Crippen molar-refractivity contribution >= 4 is 12.1 Å². The van der Waals surface area contributed by atoms with Gasteiger partial charge < -0.3 is 24.7 Å². The van der Waals surface area contributed by atoms with Crippen LogP contribution in [0.25, 0.3) is 0 Å². The van der Waals surface area contributed by atoms with Crippen molar-refractivity contribution in [1.82, 2.24) is 0 Å². The number of rotatable bonds is 5. The summed E-state index contributed by atoms with van der Waals surface area (Å²) in [5.41, 5.74) is 7.97. The molecule has 1 fully saturated rings. The summed E-state index contributed by atoms with van der Waals surface area (Å²) in [5, 5.41) is 0. The number of cyclic esters (lactones) is 1. The van der Waals surface area contributed by atoms with Crippen molar-refractivity contribution in [3.05, 3.63) is 29.3 Å². The lowest BCUT2D eigenvalue weighted by molar-refractivity contribution is -0.157. The lowest BCUT2D eigenvalue weighted by Crippen LogP contribution is -2.45. The van der Waals surface area contributed by atoms with Crippen molar-refractivity contribution in [2.75, 3.05) is 6.61 Å². The molecule has 0 aromatic heterocycles. The van der Waals surface area contributed by atoms with Gasteiger partial charge in [0.05, 0.1) is 6.61 Å². The number of aryl methyl sites for hydroxylation is 2. The third-order valence-corrected chi connectivity index (χ3v) is 4.58. The summed E-state index contributed by atoms with van der Waals surface area (Å²) < 4.78 is 22.3. The van der Waals surface area contributed by atoms with Crippen molar-refractivity contribution in [3.8, 4) is 5.75 Å². The van der Waals surface area contributed by atoms with Crippen LogP contribution in [0.5, 0.6) is 5.75 Å². The molecule has 1 aromatic carbocycles. The first-order chi connectivity index (χ1) is 13.3. The molecule has 2 N–H and O–H groups in total. The van der Waals surface area contributed by atoms with Crippen LogP contribution in [0, 0.1) is 13.8 Å². The minimum atomic E-state index is -0.747. The van der Waals surface area contributed by atoms with Gasteiger partial charge in [-0.25, -0.2) is 4.79 Å². The highest BCUT2D eigenvalue weighted by atomic mass is 16.7. The van der Waals surface area contributed by atoms with Gasteiger partial charge in [0.2, 0.25) is 0 Å². The summed E-state index contributed by atoms with van der Waals surface area (Å²) in [5.74, 6) is 0.153. The molecular weight excluding hydrogens is 362 g/mol. The minimum absolute atomic E-state index is 0.281. The van der Waals surface area contributed by atoms with Crippen LogP contribution >= 0.6 is 0 Å². The zero-order valence-electron chi connectivity index (χ0n) is 17.1. The van der Waals surface area contributed by atoms with Crippen LogP contribution in [0.2, 0.25) is 0 Å². The Bertz CT molecular complexity index is 657. The van der Waals surface area contributed by atoms with Gasteiger partial charge in [-0.3, -0.25) is 4.79 Å². The molecule has 28 heavy (non-hydrogen) atoms. The van der Waals surface area contributed by atoms with Gasteiger partial charge >= 0.3 is 12.1 Å². The summed E-state index contributed by atoms with van der Waals surface area (Å²) in [7, 11) is 0. The first-order valence-corrected chi connectivity index (χ1v) is 9.84. The molecule has 0 radical (unpaired) electrons. The Morgan fingerprint density at radius 2 is 1.89 bits per heavy atom. The van der Waals surface area contributed by atoms with Crippen LogP contribution in [-0.4, -0.2) is 43.1 Å². The summed E-state index contributed by atoms with van der Waals surface area (Å²) in [4.78, 5) is 24.2. The Balaban J connectivity index is 2.26. The van der Waals surface area contributed by atoms with Crippen LogP contribution < -0.4 is 10.5 Å². The fraction of sp³-hybridized carbons (Fsp3) is 0.619. The fourth-order valence-electron chi connectivity index (χ4n) is 3.26. The standard InChI is InChI=1S/C21H31NO6/c1-5-9-25-21(24)28-18-8-6-7-17(22)20(23)26-15(4)19(18)27-16-11-13(2)10-14(3)12-16/h10-12,15,17-19H,5-9,22H2,1-4H3/t15-,17-,18-,19-/m0/s1. The van der Waals surface area contributed by atoms with Gasteiger partial charge in [0.1, 0.15) is 24.0 Å². The molecule has 4 atom stereocenters. The van der Waals surface area contributed by atoms with E-state index in [9.17, 15) is 9.59 Å². The van der Waals surface area contributed by atoms with Gasteiger partial charge in [-0.2, -0.15) is 0 Å². The number of ether oxygens (including phenoxy) is 4. The van der Waals surface area contributed by atoms with Crippen LogP contribution in [0.1, 0.15) is 50.7 Å². The van der Waals surface area contributed by atoms with Gasteiger partial charge in [-0.05, 0) is 69.7 Å². The molecule has 7 nitrogen and oxygen atoms in total. The molecule has 7 heteroatoms. The smallest absolute Gasteiger partial charge is 0.483 e. The molecule has 2 rings (SSSR count). The van der Waals surface area contributed by atoms with E-state index in [1.165, 1.54) is 0 Å². The predicted molar refractivity (Wildman–Crippen MR) is 104 cm³/mol. The second-order valence-corrected chi connectivity index (χ2v) is 7.34. The van der Waals surface area contributed by atoms with Gasteiger partial charge in [-0.15, -0.1) is 0 Å². The van der Waals surface area contributed by atoms with Gasteiger partial charge in [0.25, 0.3) is 0 Å². The lowest BCUT2D eigenvalue weighted by Gasteiger charge is -2.31. The summed E-state index contributed by atoms with van der Waals surface area (Å²) in [6, 6.07) is 5.13. The van der Waals surface area contributed by atoms with E-state index in [0.717, 1.165) is 11.1 Å². The third-order valence-electron chi connectivity index (χ3n) is 4.58. The van der Waals surface area contributed by atoms with Gasteiger partial charge in [0, 0.05) is 0 Å². The highest BCUT2D eigenvalue weighted by molar-refractivity contribution is 5.75. The Hall–Kier alpha value is -2.28. The molecule has 0 amide bonds. The molecule has 0 bridgehead atoms. The van der Waals surface area contributed by atoms with E-state index in [1.807, 2.05) is 39.0 Å². The maximum Gasteiger partial charge on any atom is 0.508 e. The Morgan fingerprint density at radius 1 is 1.21 bits per heavy atom. The molecule has 1 aliphatic heterocycles. The zero-order valence-corrected chi connectivity index (χ0v) is 17.1. The quantitative estimate of drug-likeness (QED) is 0.766. The highest BCUT2D eigenvalue weighted by Gasteiger charge is 2.37. The maximum atomic E-state index is 12.2. The number of carbonyl (C=O) groups excluding carboxylic acids is 2. The predicted octanol–water partition coefficient (Wildman–Crippen LogP) is 3.43. The first-order valence-electron chi connectivity index (χ1n) is 9.84. The number of esters is 1. The summed E-state index contributed by atoms with van der Waals surface area (Å²) in [6.07, 6.45) is -0.462. The van der Waals surface area contributed by atoms with E-state index >= 15 is 0 Å². The largest absolute Gasteiger partial charge is 0.508 e. The van der Waals surface area contributed by atoms with Crippen molar-refractivity contribution < 1.29 is 28.5 Å². The molecule has 0 aliphatic carbocycles. The molecular formula is C21H31NO6. The topological polar surface area (TPSA) is 97.1 Å². The van der Waals surface area contributed by atoms with Crippen LogP contribution in [0.4, 0.5) is 4.79 Å². The van der Waals surface area contributed by atoms with Gasteiger partial charge in [-0.1, -0.05) is 13.0 Å². The van der Waals surface area contributed by atoms with E-state index < -0.39 is 36.5 Å². The summed E-state index contributed by atoms with van der Waals surface area (Å²) >= 11 is 0. The second kappa shape index (κ2) is 10.3. The molecule has 156 valence electrons. The van der Waals surface area contributed by atoms with E-state index in [0.29, 0.717) is 31.4 Å². The van der Waals surface area contributed by atoms with Crippen LogP contribution in [-0.2, 0) is 19.0 Å². The first kappa shape index (κ1) is 22.0. The maximum absolute atomic E-state index is 12.2. The fourth-order valence-corrected chi connectivity index (χ4v) is 3.26. The molecule has 1 saturated heterocycles. The van der Waals surface area contributed by atoms with E-state index in [2.05, 4.69) is 0 Å². The SMILES string of the molecule is CCCOC(=O)O[C@H]1CCC[C@H](N)C(=O)O[C@@H](C)[C@@H]1Oc1cc(C)cc(C)c1. The second-order valence-electron chi connectivity index (χ2n) is 7.34. The molecule has 1 aliphatic rings. The highest BCUT2D eigenvalue weighted by Crippen LogP contribution is 2.25. The number of carbonyl (C=O) groups is 2. The number of hydrogen-bond donors (Lipinski definition) is 1. The van der Waals surface area contributed by atoms with Crippen LogP contribution in [0.15, 0.2) is 18.2 Å². The Kier molecular flexibility index (Phi) is 8.11. The number of nitrogens with two attached hydrogens (primary N) is 1. The van der Waals surface area contributed by atoms with Gasteiger partial charge in [0.15, 0.2) is 6.10 Å². The van der Waals surface area contributed by atoms with Crippen molar-refractivity contribution in [1.29, 1.82) is 0 Å². The van der Waals surface area contributed by atoms with E-state index in [4.69, 9.17) is 24.7 Å². The molecule has 1 heterocycles. The molecule has 0 spiro atoms. The third kappa shape index (κ3) is 6.41. The Labute approximate surface area is 166 Å². The monoisotopic (exact) mass is 393 g/mol. The number of hydrogen-bond acceptors (Lipinski definition) is 7. The normalized spacial score (nSPS) is 25.7. The zero-order chi connectivity index (χ0) is 20.7. The van der Waals surface area contributed by atoms with E-state index in [1.54, 1.807) is 6.92 Å². The summed E-state index contributed by atoms with van der Waals surface area (Å²) in [6.45, 7) is 7.85. The average Bonchev–Trinajstić information content (AvgIpc) is 2.66. The average molecular weight is 393 g/mol. The van der Waals surface area contributed by atoms with Crippen molar-refractivity contribution in [2.45, 2.75) is 77.7 Å². The van der Waals surface area contributed by atoms with E-state index in [-0.39, 0.29) is 6.61 Å². The number of benzene rings is 1. The van der Waals surface area contributed by atoms with Crippen molar-refractivity contribution in [3.63, 3.8) is 0 Å². The molecule has 0 unspecified atom stereocenters. The molecule has 1 aromatic rings. The van der Waals surface area contributed by atoms with Crippen molar-refractivity contribution in [2.24, 2.45) is 5.73 Å². The Morgan fingerprint density at radius 3 is 2.54 bits per heavy atom. The van der Waals surface area contributed by atoms with Crippen LogP contribution in [0.3, 0.4) is 0 Å². The molecule has 0 saturated carbocycles. The lowest BCUT2D eigenvalue weighted by atomic mass is 10.0.